The van der Waals surface area contributed by atoms with Gasteiger partial charge in [0.2, 0.25) is 0 Å². The van der Waals surface area contributed by atoms with Gasteiger partial charge in [0, 0.05) is 46.3 Å². The van der Waals surface area contributed by atoms with E-state index >= 15 is 0 Å². The van der Waals surface area contributed by atoms with Crippen molar-refractivity contribution < 1.29 is 9.90 Å². The summed E-state index contributed by atoms with van der Waals surface area (Å²) in [6, 6.07) is 5.59. The van der Waals surface area contributed by atoms with Crippen LogP contribution in [0.15, 0.2) is 23.1 Å². The first kappa shape index (κ1) is 17.3. The Labute approximate surface area is 143 Å². The first-order valence-electron chi connectivity index (χ1n) is 6.67. The summed E-state index contributed by atoms with van der Waals surface area (Å²) in [6.45, 7) is 1.82. The minimum absolute atomic E-state index is 0.136. The molecule has 0 aromatic heterocycles. The van der Waals surface area contributed by atoms with Crippen LogP contribution >= 0.6 is 46.7 Å². The van der Waals surface area contributed by atoms with Gasteiger partial charge in [0.15, 0.2) is 0 Å². The number of aliphatic carboxylic acids is 1. The number of nitrogens with zero attached hydrogens (tertiary/aromatic N) is 1. The van der Waals surface area contributed by atoms with Gasteiger partial charge in [-0.1, -0.05) is 23.2 Å². The van der Waals surface area contributed by atoms with E-state index in [4.69, 9.17) is 28.3 Å². The van der Waals surface area contributed by atoms with Crippen molar-refractivity contribution in [1.29, 1.82) is 0 Å². The zero-order valence-electron chi connectivity index (χ0n) is 11.4. The molecule has 3 nitrogen and oxygen atoms in total. The van der Waals surface area contributed by atoms with E-state index < -0.39 is 5.97 Å². The molecule has 1 heterocycles. The molecule has 1 unspecified atom stereocenters. The molecule has 0 bridgehead atoms. The molecule has 0 aliphatic carbocycles. The molecule has 1 aromatic rings. The van der Waals surface area contributed by atoms with Crippen LogP contribution in [0.3, 0.4) is 0 Å². The minimum atomic E-state index is -0.724. The lowest BCUT2D eigenvalue weighted by Crippen LogP contribution is -2.44. The van der Waals surface area contributed by atoms with Crippen molar-refractivity contribution in [3.8, 4) is 0 Å². The second-order valence-corrected chi connectivity index (χ2v) is 7.92. The molecular formula is C14H17Cl2NO2S2. The molecule has 1 aliphatic heterocycles. The Morgan fingerprint density at radius 1 is 1.48 bits per heavy atom. The molecular weight excluding hydrogens is 349 g/mol. The van der Waals surface area contributed by atoms with Crippen LogP contribution in [0.5, 0.6) is 0 Å². The zero-order chi connectivity index (χ0) is 15.2. The Morgan fingerprint density at radius 2 is 2.29 bits per heavy atom. The Hall–Kier alpha value is -0.0700. The van der Waals surface area contributed by atoms with Crippen molar-refractivity contribution in [2.24, 2.45) is 0 Å². The van der Waals surface area contributed by atoms with Gasteiger partial charge in [-0.15, -0.1) is 11.8 Å². The van der Waals surface area contributed by atoms with Gasteiger partial charge in [-0.3, -0.25) is 9.69 Å². The molecule has 0 radical (unpaired) electrons. The van der Waals surface area contributed by atoms with Crippen LogP contribution in [-0.2, 0) is 4.79 Å². The minimum Gasteiger partial charge on any atom is -0.481 e. The topological polar surface area (TPSA) is 40.5 Å². The fraction of sp³-hybridized carbons (Fsp3) is 0.500. The van der Waals surface area contributed by atoms with E-state index in [0.29, 0.717) is 10.0 Å². The van der Waals surface area contributed by atoms with Crippen LogP contribution in [0.2, 0.25) is 10.0 Å². The highest BCUT2D eigenvalue weighted by atomic mass is 35.5. The Bertz CT molecular complexity index is 502. The quantitative estimate of drug-likeness (QED) is 0.772. The van der Waals surface area contributed by atoms with Crippen LogP contribution in [0, 0.1) is 0 Å². The summed E-state index contributed by atoms with van der Waals surface area (Å²) in [5.41, 5.74) is 0. The van der Waals surface area contributed by atoms with Crippen LogP contribution in [0.25, 0.3) is 0 Å². The maximum atomic E-state index is 10.9. The monoisotopic (exact) mass is 365 g/mol. The van der Waals surface area contributed by atoms with Gasteiger partial charge in [-0.25, -0.2) is 0 Å². The molecule has 0 amide bonds. The molecule has 1 aliphatic rings. The maximum Gasteiger partial charge on any atom is 0.304 e. The van der Waals surface area contributed by atoms with Crippen LogP contribution < -0.4 is 0 Å². The molecule has 0 saturated carbocycles. The number of hydrogen-bond acceptors (Lipinski definition) is 4. The fourth-order valence-corrected chi connectivity index (χ4v) is 4.84. The Morgan fingerprint density at radius 3 is 3.05 bits per heavy atom. The first-order valence-corrected chi connectivity index (χ1v) is 9.57. The highest BCUT2D eigenvalue weighted by Crippen LogP contribution is 2.30. The van der Waals surface area contributed by atoms with E-state index in [-0.39, 0.29) is 12.5 Å². The molecule has 116 valence electrons. The molecule has 1 aromatic carbocycles. The third kappa shape index (κ3) is 5.57. The third-order valence-corrected chi connectivity index (χ3v) is 6.09. The normalized spacial score (nSPS) is 19.6. The van der Waals surface area contributed by atoms with Crippen molar-refractivity contribution >= 4 is 52.7 Å². The predicted molar refractivity (Wildman–Crippen MR) is 92.1 cm³/mol. The number of carboxylic acid groups (broad SMARTS) is 1. The second kappa shape index (κ2) is 8.53. The molecule has 21 heavy (non-hydrogen) atoms. The van der Waals surface area contributed by atoms with Gasteiger partial charge in [0.1, 0.15) is 0 Å². The number of hydrogen-bond donors (Lipinski definition) is 1. The first-order chi connectivity index (χ1) is 10.1. The summed E-state index contributed by atoms with van der Waals surface area (Å²) in [5, 5.41) is 10.4. The van der Waals surface area contributed by atoms with E-state index in [1.807, 2.05) is 17.8 Å². The Kier molecular flexibility index (Phi) is 7.02. The maximum absolute atomic E-state index is 10.9. The molecule has 1 N–H and O–H groups in total. The van der Waals surface area contributed by atoms with E-state index in [0.717, 1.165) is 35.2 Å². The molecule has 2 rings (SSSR count). The van der Waals surface area contributed by atoms with Crippen molar-refractivity contribution in [3.05, 3.63) is 28.2 Å². The second-order valence-electron chi connectivity index (χ2n) is 4.79. The van der Waals surface area contributed by atoms with E-state index in [2.05, 4.69) is 4.90 Å². The van der Waals surface area contributed by atoms with E-state index in [1.165, 1.54) is 0 Å². The average Bonchev–Trinajstić information content (AvgIpc) is 2.44. The number of carboxylic acids is 1. The summed E-state index contributed by atoms with van der Waals surface area (Å²) in [4.78, 5) is 14.2. The molecule has 1 saturated heterocycles. The molecule has 1 fully saturated rings. The third-order valence-electron chi connectivity index (χ3n) is 3.29. The lowest BCUT2D eigenvalue weighted by Gasteiger charge is -2.34. The highest BCUT2D eigenvalue weighted by molar-refractivity contribution is 7.99. The largest absolute Gasteiger partial charge is 0.481 e. The Balaban J connectivity index is 1.86. The van der Waals surface area contributed by atoms with E-state index in [1.54, 1.807) is 23.9 Å². The van der Waals surface area contributed by atoms with Gasteiger partial charge < -0.3 is 5.11 Å². The molecule has 0 spiro atoms. The number of halogens is 2. The van der Waals surface area contributed by atoms with E-state index in [9.17, 15) is 4.79 Å². The summed E-state index contributed by atoms with van der Waals surface area (Å²) >= 11 is 15.6. The van der Waals surface area contributed by atoms with Gasteiger partial charge in [-0.2, -0.15) is 11.8 Å². The average molecular weight is 366 g/mol. The molecule has 1 atom stereocenters. The fourth-order valence-electron chi connectivity index (χ4n) is 2.23. The van der Waals surface area contributed by atoms with Crippen LogP contribution in [0.1, 0.15) is 6.42 Å². The van der Waals surface area contributed by atoms with Crippen LogP contribution in [-0.4, -0.2) is 52.4 Å². The summed E-state index contributed by atoms with van der Waals surface area (Å²) < 4.78 is 0. The zero-order valence-corrected chi connectivity index (χ0v) is 14.6. The number of benzene rings is 1. The molecule has 7 heteroatoms. The standard InChI is InChI=1S/C14H17Cl2NO2S2/c15-10-1-2-12(16)13(7-10)21-6-4-17-3-5-20-9-11(17)8-14(18)19/h1-2,7,11H,3-6,8-9H2,(H,18,19). The van der Waals surface area contributed by atoms with Gasteiger partial charge >= 0.3 is 5.97 Å². The van der Waals surface area contributed by atoms with Gasteiger partial charge in [-0.05, 0) is 18.2 Å². The van der Waals surface area contributed by atoms with Crippen molar-refractivity contribution in [2.75, 3.05) is 30.3 Å². The lowest BCUT2D eigenvalue weighted by molar-refractivity contribution is -0.138. The number of thioether (sulfide) groups is 2. The van der Waals surface area contributed by atoms with Crippen LogP contribution in [0.4, 0.5) is 0 Å². The smallest absolute Gasteiger partial charge is 0.304 e. The predicted octanol–water partition coefficient (Wildman–Crippen LogP) is 3.98. The lowest BCUT2D eigenvalue weighted by atomic mass is 10.2. The summed E-state index contributed by atoms with van der Waals surface area (Å²) in [5.74, 6) is 2.12. The highest BCUT2D eigenvalue weighted by Gasteiger charge is 2.24. The SMILES string of the molecule is O=C(O)CC1CSCCN1CCSc1cc(Cl)ccc1Cl. The van der Waals surface area contributed by atoms with Gasteiger partial charge in [0.25, 0.3) is 0 Å². The number of rotatable bonds is 6. The summed E-state index contributed by atoms with van der Waals surface area (Å²) in [7, 11) is 0. The van der Waals surface area contributed by atoms with Crippen molar-refractivity contribution in [3.63, 3.8) is 0 Å². The van der Waals surface area contributed by atoms with Gasteiger partial charge in [0.05, 0.1) is 11.4 Å². The van der Waals surface area contributed by atoms with Crippen molar-refractivity contribution in [2.45, 2.75) is 17.4 Å². The van der Waals surface area contributed by atoms with Crippen molar-refractivity contribution in [1.82, 2.24) is 4.90 Å². The number of carbonyl (C=O) groups is 1. The summed E-state index contributed by atoms with van der Waals surface area (Å²) in [6.07, 6.45) is 0.218.